The molecule has 1 N–H and O–H groups in total. The fourth-order valence-electron chi connectivity index (χ4n) is 5.13. The van der Waals surface area contributed by atoms with Crippen LogP contribution in [-0.4, -0.2) is 53.5 Å². The number of sulfonamides is 1. The zero-order chi connectivity index (χ0) is 35.6. The minimum absolute atomic E-state index is 0.0182. The summed E-state index contributed by atoms with van der Waals surface area (Å²) in [6.07, 6.45) is 2.52. The molecule has 0 fully saturated rings. The van der Waals surface area contributed by atoms with Crippen LogP contribution in [-0.2, 0) is 26.0 Å². The van der Waals surface area contributed by atoms with Crippen molar-refractivity contribution < 1.29 is 45.0 Å². The molecule has 0 spiro atoms. The van der Waals surface area contributed by atoms with Gasteiger partial charge in [-0.1, -0.05) is 45.4 Å². The second kappa shape index (κ2) is 14.7. The molecular formula is C33H34F5N3O5S2. The van der Waals surface area contributed by atoms with Gasteiger partial charge in [0.15, 0.2) is 16.7 Å². The van der Waals surface area contributed by atoms with Gasteiger partial charge in [0.2, 0.25) is 15.8 Å². The van der Waals surface area contributed by atoms with Crippen molar-refractivity contribution in [1.29, 1.82) is 0 Å². The first kappa shape index (κ1) is 36.9. The summed E-state index contributed by atoms with van der Waals surface area (Å²) < 4.78 is 107. The van der Waals surface area contributed by atoms with Crippen LogP contribution in [0.4, 0.5) is 22.0 Å². The lowest BCUT2D eigenvalue weighted by Gasteiger charge is -2.28. The SMILES string of the molecule is CCCC[C@@H](C(=O)O)N(C)S(=O)(=O)c1cc(F)c(CSc2ncc(C(C)(C)c3cc(F)c(F)c(OC)c3)n2-c2ccc(F)cc2)c(F)c1. The van der Waals surface area contributed by atoms with Gasteiger partial charge >= 0.3 is 5.97 Å². The normalized spacial score (nSPS) is 12.8. The van der Waals surface area contributed by atoms with Crippen molar-refractivity contribution in [2.75, 3.05) is 14.2 Å². The predicted molar refractivity (Wildman–Crippen MR) is 170 cm³/mol. The molecule has 4 rings (SSSR count). The number of carbonyl (C=O) groups is 1. The van der Waals surface area contributed by atoms with Gasteiger partial charge in [-0.15, -0.1) is 0 Å². The first-order valence-electron chi connectivity index (χ1n) is 14.7. The fraction of sp³-hybridized carbons (Fsp3) is 0.333. The summed E-state index contributed by atoms with van der Waals surface area (Å²) >= 11 is 0.892. The number of carboxylic acids is 1. The fourth-order valence-corrected chi connectivity index (χ4v) is 7.51. The monoisotopic (exact) mass is 711 g/mol. The number of likely N-dealkylation sites (N-methyl/N-ethyl adjacent to an activating group) is 1. The molecule has 8 nitrogen and oxygen atoms in total. The Morgan fingerprint density at radius 2 is 1.67 bits per heavy atom. The highest BCUT2D eigenvalue weighted by Gasteiger charge is 2.34. The molecule has 15 heteroatoms. The summed E-state index contributed by atoms with van der Waals surface area (Å²) in [7, 11) is -2.33. The Hall–Kier alpha value is -3.95. The lowest BCUT2D eigenvalue weighted by atomic mass is 9.81. The molecule has 0 saturated carbocycles. The number of hydrogen-bond donors (Lipinski definition) is 1. The molecule has 0 aliphatic heterocycles. The number of ether oxygens (including phenoxy) is 1. The van der Waals surface area contributed by atoms with Crippen LogP contribution >= 0.6 is 11.8 Å². The number of halogens is 5. The number of carboxylic acid groups (broad SMARTS) is 1. The van der Waals surface area contributed by atoms with Crippen LogP contribution in [0.2, 0.25) is 0 Å². The van der Waals surface area contributed by atoms with E-state index in [0.29, 0.717) is 46.2 Å². The van der Waals surface area contributed by atoms with Gasteiger partial charge in [0.25, 0.3) is 0 Å². The van der Waals surface area contributed by atoms with Gasteiger partial charge < -0.3 is 9.84 Å². The van der Waals surface area contributed by atoms with E-state index < -0.39 is 67.0 Å². The van der Waals surface area contributed by atoms with Crippen molar-refractivity contribution in [2.24, 2.45) is 0 Å². The molecular weight excluding hydrogens is 678 g/mol. The van der Waals surface area contributed by atoms with E-state index in [-0.39, 0.29) is 23.1 Å². The lowest BCUT2D eigenvalue weighted by molar-refractivity contribution is -0.141. The van der Waals surface area contributed by atoms with Crippen LogP contribution in [0.5, 0.6) is 5.75 Å². The van der Waals surface area contributed by atoms with E-state index in [1.807, 2.05) is 6.92 Å². The van der Waals surface area contributed by atoms with E-state index in [4.69, 9.17) is 4.74 Å². The topological polar surface area (TPSA) is 102 Å². The van der Waals surface area contributed by atoms with Gasteiger partial charge in [0.05, 0.1) is 23.9 Å². The standard InChI is InChI=1S/C33H34F5N3O5S2/c1-6-7-8-27(31(42)43)40(4)48(44,45)22-15-24(35)23(25(36)16-22)18-47-32-39-17-29(41(32)21-11-9-20(34)10-12-21)33(2,3)19-13-26(37)30(38)28(14-19)46-5/h9-17,27H,6-8,18H2,1-5H3,(H,42,43)/t27-/m0/s1. The quantitative estimate of drug-likeness (QED) is 0.107. The minimum atomic E-state index is -4.58. The Kier molecular flexibility index (Phi) is 11.3. The number of imidazole rings is 1. The van der Waals surface area contributed by atoms with Crippen molar-refractivity contribution in [1.82, 2.24) is 13.9 Å². The summed E-state index contributed by atoms with van der Waals surface area (Å²) in [5.74, 6) is -7.24. The van der Waals surface area contributed by atoms with E-state index in [2.05, 4.69) is 4.98 Å². The molecule has 48 heavy (non-hydrogen) atoms. The molecule has 4 aromatic rings. The number of nitrogens with zero attached hydrogens (tertiary/aromatic N) is 3. The van der Waals surface area contributed by atoms with E-state index in [9.17, 15) is 31.5 Å². The molecule has 0 radical (unpaired) electrons. The number of rotatable bonds is 14. The van der Waals surface area contributed by atoms with Gasteiger partial charge in [-0.3, -0.25) is 9.36 Å². The number of methoxy groups -OCH3 is 1. The number of aliphatic carboxylic acids is 1. The van der Waals surface area contributed by atoms with Crippen molar-refractivity contribution in [3.05, 3.63) is 101 Å². The summed E-state index contributed by atoms with van der Waals surface area (Å²) in [4.78, 5) is 15.5. The van der Waals surface area contributed by atoms with Crippen LogP contribution in [0.15, 0.2) is 64.8 Å². The minimum Gasteiger partial charge on any atom is -0.494 e. The number of hydrogen-bond acceptors (Lipinski definition) is 6. The van der Waals surface area contributed by atoms with Crippen LogP contribution in [0.25, 0.3) is 5.69 Å². The third-order valence-corrected chi connectivity index (χ3v) is 10.9. The van der Waals surface area contributed by atoms with Crippen LogP contribution in [0, 0.1) is 29.1 Å². The maximum absolute atomic E-state index is 15.4. The Balaban J connectivity index is 1.72. The maximum Gasteiger partial charge on any atom is 0.322 e. The van der Waals surface area contributed by atoms with Crippen molar-refractivity contribution in [3.63, 3.8) is 0 Å². The molecule has 1 atom stereocenters. The second-order valence-corrected chi connectivity index (χ2v) is 14.4. The maximum atomic E-state index is 15.4. The van der Waals surface area contributed by atoms with Gasteiger partial charge in [0, 0.05) is 29.5 Å². The molecule has 258 valence electrons. The van der Waals surface area contributed by atoms with E-state index in [1.165, 1.54) is 43.6 Å². The van der Waals surface area contributed by atoms with Crippen molar-refractivity contribution in [2.45, 2.75) is 67.3 Å². The molecule has 3 aromatic carbocycles. The Morgan fingerprint density at radius 1 is 1.04 bits per heavy atom. The molecule has 0 aliphatic carbocycles. The third kappa shape index (κ3) is 7.37. The number of thioether (sulfide) groups is 1. The van der Waals surface area contributed by atoms with Gasteiger partial charge in [-0.25, -0.2) is 31.0 Å². The molecule has 0 bridgehead atoms. The molecule has 1 aromatic heterocycles. The van der Waals surface area contributed by atoms with Crippen molar-refractivity contribution >= 4 is 27.8 Å². The van der Waals surface area contributed by atoms with Crippen LogP contribution in [0.3, 0.4) is 0 Å². The number of aromatic nitrogens is 2. The largest absolute Gasteiger partial charge is 0.494 e. The van der Waals surface area contributed by atoms with E-state index in [1.54, 1.807) is 18.4 Å². The average Bonchev–Trinajstić information content (AvgIpc) is 3.46. The molecule has 1 heterocycles. The smallest absolute Gasteiger partial charge is 0.322 e. The Morgan fingerprint density at radius 3 is 2.23 bits per heavy atom. The Bertz CT molecular complexity index is 1890. The molecule has 0 unspecified atom stereocenters. The van der Waals surface area contributed by atoms with Crippen LogP contribution < -0.4 is 4.74 Å². The van der Waals surface area contributed by atoms with E-state index >= 15 is 8.78 Å². The highest BCUT2D eigenvalue weighted by molar-refractivity contribution is 7.98. The first-order chi connectivity index (χ1) is 22.5. The lowest BCUT2D eigenvalue weighted by Crippen LogP contribution is -2.42. The highest BCUT2D eigenvalue weighted by atomic mass is 32.2. The van der Waals surface area contributed by atoms with E-state index in [0.717, 1.165) is 24.9 Å². The number of benzene rings is 3. The first-order valence-corrected chi connectivity index (χ1v) is 17.2. The second-order valence-electron chi connectivity index (χ2n) is 11.5. The Labute approximate surface area is 279 Å². The number of unbranched alkanes of at least 4 members (excludes halogenated alkanes) is 1. The summed E-state index contributed by atoms with van der Waals surface area (Å²) in [5.41, 5.74) is -0.369. The predicted octanol–water partition coefficient (Wildman–Crippen LogP) is 7.46. The average molecular weight is 712 g/mol. The third-order valence-electron chi connectivity index (χ3n) is 8.08. The van der Waals surface area contributed by atoms with Crippen molar-refractivity contribution in [3.8, 4) is 11.4 Å². The van der Waals surface area contributed by atoms with Gasteiger partial charge in [0.1, 0.15) is 23.5 Å². The zero-order valence-corrected chi connectivity index (χ0v) is 28.4. The zero-order valence-electron chi connectivity index (χ0n) is 26.7. The van der Waals surface area contributed by atoms with Crippen LogP contribution in [0.1, 0.15) is 56.9 Å². The summed E-state index contributed by atoms with van der Waals surface area (Å²) in [6, 6.07) is 7.53. The van der Waals surface area contributed by atoms with Gasteiger partial charge in [-0.2, -0.15) is 8.70 Å². The summed E-state index contributed by atoms with van der Waals surface area (Å²) in [6.45, 7) is 5.25. The molecule has 0 amide bonds. The summed E-state index contributed by atoms with van der Waals surface area (Å²) in [5, 5.41) is 9.78. The molecule has 0 aliphatic rings. The highest BCUT2D eigenvalue weighted by Crippen LogP contribution is 2.39. The van der Waals surface area contributed by atoms with Gasteiger partial charge in [-0.05, 0) is 60.5 Å². The molecule has 0 saturated heterocycles.